The molecule has 2 amide bonds. The van der Waals surface area contributed by atoms with Gasteiger partial charge in [0.15, 0.2) is 11.5 Å². The number of rotatable bonds is 6. The average Bonchev–Trinajstić information content (AvgIpc) is 3.02. The molecule has 3 aromatic rings. The molecule has 1 saturated heterocycles. The van der Waals surface area contributed by atoms with E-state index in [1.807, 2.05) is 61.5 Å². The minimum atomic E-state index is -0.303. The van der Waals surface area contributed by atoms with E-state index in [0.29, 0.717) is 28.6 Å². The van der Waals surface area contributed by atoms with Gasteiger partial charge in [0.2, 0.25) is 0 Å². The maximum absolute atomic E-state index is 13.0. The largest absolute Gasteiger partial charge is 0.493 e. The summed E-state index contributed by atoms with van der Waals surface area (Å²) in [7, 11) is 1.57. The van der Waals surface area contributed by atoms with Crippen LogP contribution in [0.5, 0.6) is 11.5 Å². The van der Waals surface area contributed by atoms with Gasteiger partial charge in [-0.25, -0.2) is 0 Å². The number of nitrogens with zero attached hydrogens (tertiary/aromatic N) is 1. The first kappa shape index (κ1) is 20.0. The van der Waals surface area contributed by atoms with Gasteiger partial charge >= 0.3 is 0 Å². The molecule has 4 rings (SSSR count). The molecule has 0 aliphatic carbocycles. The number of methoxy groups -OCH3 is 1. The minimum Gasteiger partial charge on any atom is -0.493 e. The van der Waals surface area contributed by atoms with Crippen molar-refractivity contribution in [3.05, 3.63) is 76.7 Å². The fourth-order valence-corrected chi connectivity index (χ4v) is 4.31. The molecule has 3 aromatic carbocycles. The quantitative estimate of drug-likeness (QED) is 0.495. The lowest BCUT2D eigenvalue weighted by Gasteiger charge is -2.14. The van der Waals surface area contributed by atoms with Crippen LogP contribution in [0, 0.1) is 0 Å². The van der Waals surface area contributed by atoms with Crippen LogP contribution in [0.1, 0.15) is 18.1 Å². The number of para-hydroxylation sites is 1. The van der Waals surface area contributed by atoms with E-state index in [0.717, 1.165) is 28.1 Å². The average molecular weight is 420 g/mol. The van der Waals surface area contributed by atoms with E-state index < -0.39 is 0 Å². The number of amides is 2. The molecule has 0 bridgehead atoms. The Morgan fingerprint density at radius 3 is 2.57 bits per heavy atom. The van der Waals surface area contributed by atoms with Gasteiger partial charge in [-0.05, 0) is 47.2 Å². The number of hydrogen-bond acceptors (Lipinski definition) is 5. The molecule has 152 valence electrons. The topological polar surface area (TPSA) is 55.8 Å². The first-order chi connectivity index (χ1) is 14.6. The lowest BCUT2D eigenvalue weighted by Crippen LogP contribution is -2.27. The Labute approximate surface area is 179 Å². The van der Waals surface area contributed by atoms with E-state index in [1.54, 1.807) is 19.3 Å². The van der Waals surface area contributed by atoms with Crippen LogP contribution < -0.4 is 9.47 Å². The molecule has 1 fully saturated rings. The van der Waals surface area contributed by atoms with Crippen molar-refractivity contribution in [2.45, 2.75) is 13.5 Å². The van der Waals surface area contributed by atoms with Crippen LogP contribution in [0.25, 0.3) is 16.8 Å². The molecule has 0 radical (unpaired) electrons. The maximum atomic E-state index is 13.0. The third kappa shape index (κ3) is 3.78. The summed E-state index contributed by atoms with van der Waals surface area (Å²) in [5, 5.41) is 1.84. The van der Waals surface area contributed by atoms with Crippen molar-refractivity contribution >= 4 is 39.8 Å². The zero-order valence-electron chi connectivity index (χ0n) is 16.8. The van der Waals surface area contributed by atoms with Crippen molar-refractivity contribution in [1.82, 2.24) is 4.90 Å². The van der Waals surface area contributed by atoms with Gasteiger partial charge in [0.05, 0.1) is 25.2 Å². The Hall–Kier alpha value is -3.25. The van der Waals surface area contributed by atoms with Crippen LogP contribution in [-0.2, 0) is 11.3 Å². The minimum absolute atomic E-state index is 0.236. The van der Waals surface area contributed by atoms with Crippen molar-refractivity contribution in [2.75, 3.05) is 13.7 Å². The highest BCUT2D eigenvalue weighted by molar-refractivity contribution is 8.18. The standard InChI is InChI=1S/C24H21NO4S/c1-3-29-22-17(10-7-13-20(22)28-2)14-21-23(26)25(24(27)30-21)15-18-11-6-9-16-8-4-5-12-19(16)18/h4-14H,3,15H2,1-2H3/b21-14+. The Balaban J connectivity index is 1.65. The van der Waals surface area contributed by atoms with Gasteiger partial charge in [-0.2, -0.15) is 0 Å². The van der Waals surface area contributed by atoms with Gasteiger partial charge in [-0.15, -0.1) is 0 Å². The molecule has 5 nitrogen and oxygen atoms in total. The molecule has 0 spiro atoms. The van der Waals surface area contributed by atoms with E-state index in [4.69, 9.17) is 9.47 Å². The van der Waals surface area contributed by atoms with Crippen molar-refractivity contribution in [3.8, 4) is 11.5 Å². The van der Waals surface area contributed by atoms with Crippen LogP contribution in [0.4, 0.5) is 4.79 Å². The molecule has 0 aromatic heterocycles. The normalized spacial score (nSPS) is 15.3. The molecule has 0 unspecified atom stereocenters. The first-order valence-electron chi connectivity index (χ1n) is 9.64. The Morgan fingerprint density at radius 1 is 1.00 bits per heavy atom. The molecule has 0 saturated carbocycles. The molecule has 30 heavy (non-hydrogen) atoms. The second kappa shape index (κ2) is 8.63. The second-order valence-corrected chi connectivity index (χ2v) is 7.71. The highest BCUT2D eigenvalue weighted by atomic mass is 32.2. The van der Waals surface area contributed by atoms with Crippen molar-refractivity contribution in [1.29, 1.82) is 0 Å². The number of thioether (sulfide) groups is 1. The lowest BCUT2D eigenvalue weighted by molar-refractivity contribution is -0.123. The Morgan fingerprint density at radius 2 is 1.77 bits per heavy atom. The summed E-state index contributed by atoms with van der Waals surface area (Å²) >= 11 is 0.944. The molecular formula is C24H21NO4S. The van der Waals surface area contributed by atoms with Crippen LogP contribution >= 0.6 is 11.8 Å². The molecular weight excluding hydrogens is 398 g/mol. The van der Waals surface area contributed by atoms with Crippen LogP contribution in [-0.4, -0.2) is 29.8 Å². The third-order valence-electron chi connectivity index (χ3n) is 4.89. The predicted octanol–water partition coefficient (Wildman–Crippen LogP) is 5.48. The van der Waals surface area contributed by atoms with E-state index >= 15 is 0 Å². The smallest absolute Gasteiger partial charge is 0.293 e. The summed E-state index contributed by atoms with van der Waals surface area (Å²) in [6, 6.07) is 19.3. The molecule has 0 atom stereocenters. The Kier molecular flexibility index (Phi) is 5.77. The number of ether oxygens (including phenoxy) is 2. The molecule has 0 N–H and O–H groups in total. The van der Waals surface area contributed by atoms with Gasteiger partial charge in [-0.1, -0.05) is 54.6 Å². The van der Waals surface area contributed by atoms with Crippen molar-refractivity contribution in [2.24, 2.45) is 0 Å². The number of carbonyl (C=O) groups excluding carboxylic acids is 2. The van der Waals surface area contributed by atoms with Crippen molar-refractivity contribution in [3.63, 3.8) is 0 Å². The number of imide groups is 1. The van der Waals surface area contributed by atoms with Gasteiger partial charge < -0.3 is 9.47 Å². The summed E-state index contributed by atoms with van der Waals surface area (Å²) < 4.78 is 11.1. The van der Waals surface area contributed by atoms with Crippen LogP contribution in [0.3, 0.4) is 0 Å². The third-order valence-corrected chi connectivity index (χ3v) is 5.79. The Bertz CT molecular complexity index is 1150. The van der Waals surface area contributed by atoms with E-state index in [1.165, 1.54) is 4.90 Å². The summed E-state index contributed by atoms with van der Waals surface area (Å²) in [6.07, 6.45) is 1.70. The summed E-state index contributed by atoms with van der Waals surface area (Å²) in [4.78, 5) is 27.3. The SMILES string of the molecule is CCOc1c(/C=C2/SC(=O)N(Cc3cccc4ccccc34)C2=O)cccc1OC. The molecule has 6 heteroatoms. The van der Waals surface area contributed by atoms with Crippen molar-refractivity contribution < 1.29 is 19.1 Å². The number of carbonyl (C=O) groups is 2. The number of fused-ring (bicyclic) bond motifs is 1. The lowest BCUT2D eigenvalue weighted by atomic mass is 10.0. The van der Waals surface area contributed by atoms with Crippen LogP contribution in [0.2, 0.25) is 0 Å². The summed E-state index contributed by atoms with van der Waals surface area (Å²) in [5.41, 5.74) is 1.64. The van der Waals surface area contributed by atoms with Crippen LogP contribution in [0.15, 0.2) is 65.6 Å². The maximum Gasteiger partial charge on any atom is 0.293 e. The molecule has 1 heterocycles. The van der Waals surface area contributed by atoms with E-state index in [2.05, 4.69) is 0 Å². The highest BCUT2D eigenvalue weighted by Gasteiger charge is 2.35. The zero-order valence-corrected chi connectivity index (χ0v) is 17.6. The predicted molar refractivity (Wildman–Crippen MR) is 120 cm³/mol. The zero-order chi connectivity index (χ0) is 21.1. The highest BCUT2D eigenvalue weighted by Crippen LogP contribution is 2.38. The van der Waals surface area contributed by atoms with E-state index in [9.17, 15) is 9.59 Å². The fraction of sp³-hybridized carbons (Fsp3) is 0.167. The number of hydrogen-bond donors (Lipinski definition) is 0. The van der Waals surface area contributed by atoms with Gasteiger partial charge in [0, 0.05) is 5.56 Å². The first-order valence-corrected chi connectivity index (χ1v) is 10.5. The number of benzene rings is 3. The van der Waals surface area contributed by atoms with Gasteiger partial charge in [-0.3, -0.25) is 14.5 Å². The van der Waals surface area contributed by atoms with E-state index in [-0.39, 0.29) is 17.7 Å². The fourth-order valence-electron chi connectivity index (χ4n) is 3.48. The summed E-state index contributed by atoms with van der Waals surface area (Å²) in [5.74, 6) is 0.840. The molecule has 1 aliphatic rings. The van der Waals surface area contributed by atoms with Gasteiger partial charge in [0.25, 0.3) is 11.1 Å². The summed E-state index contributed by atoms with van der Waals surface area (Å²) in [6.45, 7) is 2.58. The van der Waals surface area contributed by atoms with Gasteiger partial charge in [0.1, 0.15) is 0 Å². The monoisotopic (exact) mass is 419 g/mol. The second-order valence-electron chi connectivity index (χ2n) is 6.72. The molecule has 1 aliphatic heterocycles.